The minimum atomic E-state index is -0.101. The van der Waals surface area contributed by atoms with Crippen LogP contribution in [0.25, 0.3) is 17.1 Å². The van der Waals surface area contributed by atoms with Crippen LogP contribution in [0.1, 0.15) is 30.8 Å². The number of amides is 1. The van der Waals surface area contributed by atoms with Crippen molar-refractivity contribution >= 4 is 5.91 Å². The molecule has 0 saturated carbocycles. The number of methoxy groups -OCH3 is 1. The van der Waals surface area contributed by atoms with Crippen molar-refractivity contribution in [2.24, 2.45) is 0 Å². The molecule has 0 saturated heterocycles. The van der Waals surface area contributed by atoms with Crippen molar-refractivity contribution in [2.45, 2.75) is 26.3 Å². The lowest BCUT2D eigenvalue weighted by Gasteiger charge is -2.24. The Labute approximate surface area is 176 Å². The van der Waals surface area contributed by atoms with E-state index in [1.54, 1.807) is 36.3 Å². The molecule has 0 radical (unpaired) electrons. The van der Waals surface area contributed by atoms with Gasteiger partial charge >= 0.3 is 0 Å². The molecule has 1 atom stereocenters. The number of ether oxygens (including phenoxy) is 1. The Kier molecular flexibility index (Phi) is 7.13. The molecule has 0 aromatic carbocycles. The standard InChI is InChI=1S/C22H28N6O2/c1-5-12-27(15-16(2)23-3)22(29)19-13-20(18-8-6-7-11-24-18)28(26-19)17-9-10-21(30-4)25-14-17/h6-11,13-14,16,23H,5,12,15H2,1-4H3. The Morgan fingerprint density at radius 3 is 2.70 bits per heavy atom. The van der Waals surface area contributed by atoms with Crippen LogP contribution in [-0.4, -0.2) is 63.8 Å². The summed E-state index contributed by atoms with van der Waals surface area (Å²) in [5.74, 6) is 0.410. The average molecular weight is 409 g/mol. The van der Waals surface area contributed by atoms with Crippen LogP contribution in [0.2, 0.25) is 0 Å². The Morgan fingerprint density at radius 2 is 2.10 bits per heavy atom. The number of hydrogen-bond acceptors (Lipinski definition) is 6. The smallest absolute Gasteiger partial charge is 0.274 e. The number of carbonyl (C=O) groups is 1. The third-order valence-corrected chi connectivity index (χ3v) is 4.80. The van der Waals surface area contributed by atoms with Crippen molar-refractivity contribution in [1.82, 2.24) is 30.0 Å². The van der Waals surface area contributed by atoms with Crippen molar-refractivity contribution in [3.8, 4) is 23.0 Å². The lowest BCUT2D eigenvalue weighted by molar-refractivity contribution is 0.0736. The van der Waals surface area contributed by atoms with E-state index < -0.39 is 0 Å². The second-order valence-corrected chi connectivity index (χ2v) is 7.04. The fourth-order valence-electron chi connectivity index (χ4n) is 3.13. The van der Waals surface area contributed by atoms with Crippen LogP contribution in [0.15, 0.2) is 48.8 Å². The Balaban J connectivity index is 2.03. The lowest BCUT2D eigenvalue weighted by Crippen LogP contribution is -2.41. The third-order valence-electron chi connectivity index (χ3n) is 4.80. The first-order valence-electron chi connectivity index (χ1n) is 10.1. The summed E-state index contributed by atoms with van der Waals surface area (Å²) in [7, 11) is 3.46. The van der Waals surface area contributed by atoms with Gasteiger partial charge in [-0.2, -0.15) is 5.10 Å². The number of pyridine rings is 2. The maximum atomic E-state index is 13.3. The molecule has 3 rings (SSSR count). The zero-order chi connectivity index (χ0) is 21.5. The summed E-state index contributed by atoms with van der Waals surface area (Å²) in [5.41, 5.74) is 2.55. The predicted octanol–water partition coefficient (Wildman–Crippen LogP) is 2.80. The summed E-state index contributed by atoms with van der Waals surface area (Å²) in [6.07, 6.45) is 4.26. The van der Waals surface area contributed by atoms with Crippen LogP contribution >= 0.6 is 0 Å². The van der Waals surface area contributed by atoms with E-state index in [1.807, 2.05) is 36.2 Å². The van der Waals surface area contributed by atoms with Crippen LogP contribution in [0.3, 0.4) is 0 Å². The molecule has 30 heavy (non-hydrogen) atoms. The molecule has 8 nitrogen and oxygen atoms in total. The molecule has 0 aliphatic heterocycles. The Hall–Kier alpha value is -3.26. The number of nitrogens with zero attached hydrogens (tertiary/aromatic N) is 5. The lowest BCUT2D eigenvalue weighted by atomic mass is 10.2. The molecule has 1 N–H and O–H groups in total. The van der Waals surface area contributed by atoms with E-state index >= 15 is 0 Å². The molecule has 3 aromatic heterocycles. The van der Waals surface area contributed by atoms with E-state index in [0.29, 0.717) is 24.7 Å². The number of likely N-dealkylation sites (N-methyl/N-ethyl adjacent to an activating group) is 1. The highest BCUT2D eigenvalue weighted by molar-refractivity contribution is 5.93. The van der Waals surface area contributed by atoms with Gasteiger partial charge in [0.1, 0.15) is 0 Å². The highest BCUT2D eigenvalue weighted by Crippen LogP contribution is 2.23. The largest absolute Gasteiger partial charge is 0.481 e. The number of aromatic nitrogens is 4. The van der Waals surface area contributed by atoms with Gasteiger partial charge in [-0.15, -0.1) is 0 Å². The monoisotopic (exact) mass is 408 g/mol. The second kappa shape index (κ2) is 9.98. The van der Waals surface area contributed by atoms with E-state index in [4.69, 9.17) is 4.74 Å². The highest BCUT2D eigenvalue weighted by Gasteiger charge is 2.23. The number of carbonyl (C=O) groups excluding carboxylic acids is 1. The molecule has 3 aromatic rings. The van der Waals surface area contributed by atoms with Gasteiger partial charge in [0.2, 0.25) is 5.88 Å². The highest BCUT2D eigenvalue weighted by atomic mass is 16.5. The number of rotatable bonds is 9. The van der Waals surface area contributed by atoms with Gasteiger partial charge in [-0.3, -0.25) is 9.78 Å². The number of hydrogen-bond donors (Lipinski definition) is 1. The van der Waals surface area contributed by atoms with Crippen LogP contribution in [0.5, 0.6) is 5.88 Å². The van der Waals surface area contributed by atoms with Crippen LogP contribution in [-0.2, 0) is 0 Å². The van der Waals surface area contributed by atoms with Crippen molar-refractivity contribution in [3.05, 3.63) is 54.5 Å². The molecular formula is C22H28N6O2. The van der Waals surface area contributed by atoms with Gasteiger partial charge in [-0.05, 0) is 44.7 Å². The summed E-state index contributed by atoms with van der Waals surface area (Å²) in [5, 5.41) is 7.82. The van der Waals surface area contributed by atoms with Gasteiger partial charge in [0.15, 0.2) is 5.69 Å². The first-order chi connectivity index (χ1) is 14.6. The fourth-order valence-corrected chi connectivity index (χ4v) is 3.13. The maximum absolute atomic E-state index is 13.3. The first-order valence-corrected chi connectivity index (χ1v) is 10.1. The minimum Gasteiger partial charge on any atom is -0.481 e. The minimum absolute atomic E-state index is 0.101. The van der Waals surface area contributed by atoms with Gasteiger partial charge in [0.25, 0.3) is 5.91 Å². The molecule has 3 heterocycles. The average Bonchev–Trinajstić information content (AvgIpc) is 3.24. The second-order valence-electron chi connectivity index (χ2n) is 7.04. The van der Waals surface area contributed by atoms with Gasteiger partial charge in [-0.1, -0.05) is 13.0 Å². The van der Waals surface area contributed by atoms with Crippen molar-refractivity contribution in [1.29, 1.82) is 0 Å². The predicted molar refractivity (Wildman–Crippen MR) is 116 cm³/mol. The van der Waals surface area contributed by atoms with E-state index in [9.17, 15) is 4.79 Å². The quantitative estimate of drug-likeness (QED) is 0.586. The van der Waals surface area contributed by atoms with E-state index in [2.05, 4.69) is 34.2 Å². The molecular weight excluding hydrogens is 380 g/mol. The van der Waals surface area contributed by atoms with Crippen molar-refractivity contribution < 1.29 is 9.53 Å². The van der Waals surface area contributed by atoms with Crippen LogP contribution in [0, 0.1) is 0 Å². The van der Waals surface area contributed by atoms with E-state index in [-0.39, 0.29) is 11.9 Å². The molecule has 0 aliphatic rings. The number of nitrogens with one attached hydrogen (secondary N) is 1. The maximum Gasteiger partial charge on any atom is 0.274 e. The summed E-state index contributed by atoms with van der Waals surface area (Å²) >= 11 is 0. The van der Waals surface area contributed by atoms with Crippen LogP contribution in [0.4, 0.5) is 0 Å². The molecule has 0 bridgehead atoms. The molecule has 0 spiro atoms. The zero-order valence-corrected chi connectivity index (χ0v) is 17.9. The van der Waals surface area contributed by atoms with Gasteiger partial charge in [0, 0.05) is 31.4 Å². The molecule has 0 aliphatic carbocycles. The molecule has 0 fully saturated rings. The van der Waals surface area contributed by atoms with E-state index in [1.165, 1.54) is 0 Å². The molecule has 1 amide bonds. The molecule has 158 valence electrons. The molecule has 8 heteroatoms. The van der Waals surface area contributed by atoms with Gasteiger partial charge in [0.05, 0.1) is 30.4 Å². The fraction of sp³-hybridized carbons (Fsp3) is 0.364. The third kappa shape index (κ3) is 4.83. The first kappa shape index (κ1) is 21.4. The SMILES string of the molecule is CCCN(CC(C)NC)C(=O)c1cc(-c2ccccn2)n(-c2ccc(OC)nc2)n1. The normalized spacial score (nSPS) is 11.9. The Morgan fingerprint density at radius 1 is 1.27 bits per heavy atom. The topological polar surface area (TPSA) is 85.2 Å². The molecule has 1 unspecified atom stereocenters. The summed E-state index contributed by atoms with van der Waals surface area (Å²) < 4.78 is 6.85. The summed E-state index contributed by atoms with van der Waals surface area (Å²) in [6.45, 7) is 5.39. The zero-order valence-electron chi connectivity index (χ0n) is 17.9. The van der Waals surface area contributed by atoms with E-state index in [0.717, 1.165) is 23.5 Å². The van der Waals surface area contributed by atoms with Crippen molar-refractivity contribution in [2.75, 3.05) is 27.2 Å². The Bertz CT molecular complexity index is 956. The van der Waals surface area contributed by atoms with Crippen molar-refractivity contribution in [3.63, 3.8) is 0 Å². The van der Waals surface area contributed by atoms with Gasteiger partial charge in [-0.25, -0.2) is 9.67 Å². The van der Waals surface area contributed by atoms with Crippen LogP contribution < -0.4 is 10.1 Å². The summed E-state index contributed by atoms with van der Waals surface area (Å²) in [4.78, 5) is 23.8. The van der Waals surface area contributed by atoms with Gasteiger partial charge < -0.3 is 15.0 Å². The summed E-state index contributed by atoms with van der Waals surface area (Å²) in [6, 6.07) is 11.3.